The highest BCUT2D eigenvalue weighted by atomic mass is 16.2. The molecule has 0 aliphatic carbocycles. The number of rotatable bonds is 7. The number of hydrogen-bond acceptors (Lipinski definition) is 8. The molecule has 11 nitrogen and oxygen atoms in total. The maximum atomic E-state index is 13.0. The van der Waals surface area contributed by atoms with Gasteiger partial charge < -0.3 is 21.3 Å². The van der Waals surface area contributed by atoms with E-state index in [1.807, 2.05) is 32.9 Å². The van der Waals surface area contributed by atoms with E-state index in [1.54, 1.807) is 36.3 Å². The van der Waals surface area contributed by atoms with Gasteiger partial charge in [-0.15, -0.1) is 0 Å². The van der Waals surface area contributed by atoms with Crippen LogP contribution in [0.15, 0.2) is 42.9 Å². The highest BCUT2D eigenvalue weighted by molar-refractivity contribution is 5.96. The van der Waals surface area contributed by atoms with Crippen LogP contribution in [0.25, 0.3) is 0 Å². The highest BCUT2D eigenvalue weighted by Gasteiger charge is 2.31. The largest absolute Gasteiger partial charge is 0.364 e. The van der Waals surface area contributed by atoms with Crippen molar-refractivity contribution in [3.8, 4) is 6.07 Å². The number of nitrogens with one attached hydrogen (secondary N) is 2. The van der Waals surface area contributed by atoms with Crippen LogP contribution in [-0.4, -0.2) is 50.2 Å². The number of nitriles is 1. The summed E-state index contributed by atoms with van der Waals surface area (Å²) >= 11 is 0. The first-order chi connectivity index (χ1) is 17.6. The summed E-state index contributed by atoms with van der Waals surface area (Å²) in [5.74, 6) is -0.0387. The summed E-state index contributed by atoms with van der Waals surface area (Å²) in [6.07, 6.45) is 6.56. The van der Waals surface area contributed by atoms with Crippen molar-refractivity contribution in [3.05, 3.63) is 59.7 Å². The lowest BCUT2D eigenvalue weighted by molar-refractivity contribution is 0.0923. The lowest BCUT2D eigenvalue weighted by Gasteiger charge is -2.40. The predicted octanol–water partition coefficient (Wildman–Crippen LogP) is 2.64. The molecule has 37 heavy (non-hydrogen) atoms. The van der Waals surface area contributed by atoms with E-state index >= 15 is 0 Å². The molecule has 0 unspecified atom stereocenters. The van der Waals surface area contributed by atoms with Crippen molar-refractivity contribution in [2.75, 3.05) is 16.8 Å². The van der Waals surface area contributed by atoms with E-state index in [0.717, 1.165) is 24.9 Å². The van der Waals surface area contributed by atoms with Gasteiger partial charge in [0, 0.05) is 37.4 Å². The molecule has 3 aromatic rings. The van der Waals surface area contributed by atoms with Gasteiger partial charge in [-0.25, -0.2) is 9.97 Å². The van der Waals surface area contributed by atoms with Gasteiger partial charge >= 0.3 is 0 Å². The first kappa shape index (κ1) is 25.6. The maximum Gasteiger partial charge on any atom is 0.271 e. The van der Waals surface area contributed by atoms with E-state index in [4.69, 9.17) is 5.73 Å². The fourth-order valence-electron chi connectivity index (χ4n) is 4.42. The number of carbonyl (C=O) groups excluding carboxylic acids is 2. The van der Waals surface area contributed by atoms with Gasteiger partial charge in [0.25, 0.3) is 11.8 Å². The normalized spacial score (nSPS) is 17.6. The molecule has 0 saturated carbocycles. The van der Waals surface area contributed by atoms with Crippen LogP contribution in [0.5, 0.6) is 0 Å². The standard InChI is InChI=1S/C26H31N9O2/c1-16-20(32-25(37)17-7-9-18(10-8-17)26(2,3)15-27)6-5-11-35(16)21-13-29-22(23(28)36)24(33-21)31-19-12-30-34(4)14-19/h7-10,12-14,16,20H,5-6,11H2,1-4H3,(H2,28,36)(H,31,33)(H,32,37)/t16-,20-/m1/s1. The number of carbonyl (C=O) groups is 2. The summed E-state index contributed by atoms with van der Waals surface area (Å²) in [5.41, 5.74) is 6.98. The second-order valence-electron chi connectivity index (χ2n) is 9.79. The predicted molar refractivity (Wildman–Crippen MR) is 139 cm³/mol. The van der Waals surface area contributed by atoms with Crippen LogP contribution in [-0.2, 0) is 12.5 Å². The number of benzene rings is 1. The van der Waals surface area contributed by atoms with Crippen LogP contribution >= 0.6 is 0 Å². The summed E-state index contributed by atoms with van der Waals surface area (Å²) in [6.45, 7) is 6.44. The third-order valence-electron chi connectivity index (χ3n) is 6.71. The minimum atomic E-state index is -0.688. The number of primary amides is 1. The van der Waals surface area contributed by atoms with Crippen molar-refractivity contribution < 1.29 is 9.59 Å². The van der Waals surface area contributed by atoms with Crippen molar-refractivity contribution in [2.45, 2.75) is 51.1 Å². The second-order valence-corrected chi connectivity index (χ2v) is 9.79. The molecule has 4 rings (SSSR count). The Hall–Kier alpha value is -4.46. The molecule has 11 heteroatoms. The molecule has 1 aliphatic rings. The zero-order valence-corrected chi connectivity index (χ0v) is 21.4. The number of piperidine rings is 1. The average molecular weight is 502 g/mol. The second kappa shape index (κ2) is 10.3. The van der Waals surface area contributed by atoms with Crippen LogP contribution in [0, 0.1) is 11.3 Å². The monoisotopic (exact) mass is 501 g/mol. The Morgan fingerprint density at radius 3 is 2.57 bits per heavy atom. The topological polar surface area (TPSA) is 155 Å². The number of nitrogens with zero attached hydrogens (tertiary/aromatic N) is 6. The minimum Gasteiger partial charge on any atom is -0.364 e. The molecule has 2 atom stereocenters. The number of nitrogens with two attached hydrogens (primary N) is 1. The Kier molecular flexibility index (Phi) is 7.11. The van der Waals surface area contributed by atoms with Gasteiger partial charge in [0.2, 0.25) is 0 Å². The molecule has 1 aromatic carbocycles. The molecule has 4 N–H and O–H groups in total. The van der Waals surface area contributed by atoms with E-state index in [9.17, 15) is 14.9 Å². The molecule has 2 aromatic heterocycles. The van der Waals surface area contributed by atoms with E-state index in [2.05, 4.69) is 36.7 Å². The molecule has 3 heterocycles. The number of aryl methyl sites for hydroxylation is 1. The van der Waals surface area contributed by atoms with Gasteiger partial charge in [0.05, 0.1) is 29.6 Å². The van der Waals surface area contributed by atoms with Crippen LogP contribution in [0.3, 0.4) is 0 Å². The molecule has 2 amide bonds. The van der Waals surface area contributed by atoms with Crippen LogP contribution in [0.4, 0.5) is 17.3 Å². The van der Waals surface area contributed by atoms with Gasteiger partial charge in [-0.2, -0.15) is 10.4 Å². The summed E-state index contributed by atoms with van der Waals surface area (Å²) in [6, 6.07) is 9.22. The fraction of sp³-hybridized carbons (Fsp3) is 0.385. The van der Waals surface area contributed by atoms with E-state index in [1.165, 1.54) is 6.20 Å². The number of anilines is 3. The molecular weight excluding hydrogens is 470 g/mol. The lowest BCUT2D eigenvalue weighted by atomic mass is 9.86. The molecule has 1 saturated heterocycles. The van der Waals surface area contributed by atoms with Crippen LogP contribution < -0.4 is 21.3 Å². The minimum absolute atomic E-state index is 0.0325. The van der Waals surface area contributed by atoms with Crippen molar-refractivity contribution in [1.82, 2.24) is 25.1 Å². The smallest absolute Gasteiger partial charge is 0.271 e. The quantitative estimate of drug-likeness (QED) is 0.446. The van der Waals surface area contributed by atoms with Crippen molar-refractivity contribution in [2.24, 2.45) is 12.8 Å². The van der Waals surface area contributed by atoms with Gasteiger partial charge in [-0.1, -0.05) is 12.1 Å². The van der Waals surface area contributed by atoms with Crippen LogP contribution in [0.2, 0.25) is 0 Å². The van der Waals surface area contributed by atoms with Gasteiger partial charge in [0.1, 0.15) is 5.82 Å². The van der Waals surface area contributed by atoms with Gasteiger partial charge in [-0.05, 0) is 51.3 Å². The summed E-state index contributed by atoms with van der Waals surface area (Å²) in [5, 5.41) is 19.7. The first-order valence-corrected chi connectivity index (χ1v) is 12.1. The summed E-state index contributed by atoms with van der Waals surface area (Å²) in [7, 11) is 1.79. The molecule has 1 fully saturated rings. The Bertz CT molecular complexity index is 1340. The van der Waals surface area contributed by atoms with Crippen molar-refractivity contribution >= 4 is 29.1 Å². The third kappa shape index (κ3) is 5.53. The molecule has 192 valence electrons. The van der Waals surface area contributed by atoms with Gasteiger partial charge in [0.15, 0.2) is 11.5 Å². The van der Waals surface area contributed by atoms with Crippen LogP contribution in [0.1, 0.15) is 60.0 Å². The maximum absolute atomic E-state index is 13.0. The Balaban J connectivity index is 1.51. The van der Waals surface area contributed by atoms with Crippen molar-refractivity contribution in [3.63, 3.8) is 0 Å². The van der Waals surface area contributed by atoms with E-state index in [0.29, 0.717) is 17.1 Å². The first-order valence-electron chi connectivity index (χ1n) is 12.1. The number of amides is 2. The Morgan fingerprint density at radius 2 is 1.95 bits per heavy atom. The highest BCUT2D eigenvalue weighted by Crippen LogP contribution is 2.27. The number of aromatic nitrogens is 4. The Labute approximate surface area is 215 Å². The lowest BCUT2D eigenvalue weighted by Crippen LogP contribution is -2.54. The van der Waals surface area contributed by atoms with E-state index in [-0.39, 0.29) is 29.5 Å². The number of hydrogen-bond donors (Lipinski definition) is 3. The molecular formula is C26H31N9O2. The fourth-order valence-corrected chi connectivity index (χ4v) is 4.42. The molecule has 0 spiro atoms. The molecule has 0 radical (unpaired) electrons. The molecule has 1 aliphatic heterocycles. The Morgan fingerprint density at radius 1 is 1.22 bits per heavy atom. The summed E-state index contributed by atoms with van der Waals surface area (Å²) in [4.78, 5) is 36.0. The van der Waals surface area contributed by atoms with Crippen molar-refractivity contribution in [1.29, 1.82) is 5.26 Å². The molecule has 0 bridgehead atoms. The SMILES string of the molecule is C[C@@H]1[C@H](NC(=O)c2ccc(C(C)(C)C#N)cc2)CCCN1c1cnc(C(N)=O)c(Nc2cnn(C)c2)n1. The summed E-state index contributed by atoms with van der Waals surface area (Å²) < 4.78 is 1.63. The average Bonchev–Trinajstić information content (AvgIpc) is 3.29. The third-order valence-corrected chi connectivity index (χ3v) is 6.71. The zero-order valence-electron chi connectivity index (χ0n) is 21.4. The van der Waals surface area contributed by atoms with Gasteiger partial charge in [-0.3, -0.25) is 14.3 Å². The van der Waals surface area contributed by atoms with E-state index < -0.39 is 11.3 Å². The zero-order chi connectivity index (χ0) is 26.7.